The predicted molar refractivity (Wildman–Crippen MR) is 233 cm³/mol. The van der Waals surface area contributed by atoms with Gasteiger partial charge in [0.1, 0.15) is 0 Å². The number of nitrogens with zero attached hydrogens (tertiary/aromatic N) is 2. The van der Waals surface area contributed by atoms with Crippen molar-refractivity contribution in [3.63, 3.8) is 0 Å². The monoisotopic (exact) mass is 706 g/mol. The van der Waals surface area contributed by atoms with Crippen LogP contribution < -0.4 is 4.90 Å². The fraction of sp³-hybridized carbons (Fsp3) is 0.0943. The molecule has 0 bridgehead atoms. The summed E-state index contributed by atoms with van der Waals surface area (Å²) in [5, 5.41) is 2.57. The zero-order valence-electron chi connectivity index (χ0n) is 31.5. The van der Waals surface area contributed by atoms with E-state index in [1.54, 1.807) is 0 Å². The van der Waals surface area contributed by atoms with Crippen molar-refractivity contribution in [1.29, 1.82) is 0 Å². The molecule has 0 saturated heterocycles. The van der Waals surface area contributed by atoms with Gasteiger partial charge in [0.05, 0.1) is 11.0 Å². The summed E-state index contributed by atoms with van der Waals surface area (Å²) in [5.41, 5.74) is 18.5. The third kappa shape index (κ3) is 5.48. The molecule has 1 aliphatic carbocycles. The van der Waals surface area contributed by atoms with Gasteiger partial charge in [0, 0.05) is 38.9 Å². The average molecular weight is 707 g/mol. The van der Waals surface area contributed by atoms with Crippen LogP contribution in [0.15, 0.2) is 188 Å². The molecule has 0 fully saturated rings. The van der Waals surface area contributed by atoms with Crippen molar-refractivity contribution in [2.75, 3.05) is 4.90 Å². The van der Waals surface area contributed by atoms with E-state index in [9.17, 15) is 0 Å². The van der Waals surface area contributed by atoms with Gasteiger partial charge < -0.3 is 9.47 Å². The van der Waals surface area contributed by atoms with Gasteiger partial charge in [0.2, 0.25) is 0 Å². The van der Waals surface area contributed by atoms with E-state index in [0.29, 0.717) is 0 Å². The minimum absolute atomic E-state index is 0.191. The van der Waals surface area contributed by atoms with E-state index < -0.39 is 0 Å². The number of aromatic nitrogens is 1. The van der Waals surface area contributed by atoms with Crippen LogP contribution in [0.5, 0.6) is 0 Å². The molecule has 9 aromatic rings. The van der Waals surface area contributed by atoms with Crippen molar-refractivity contribution < 1.29 is 0 Å². The number of aryl methyl sites for hydroxylation is 1. The largest absolute Gasteiger partial charge is 0.310 e. The van der Waals surface area contributed by atoms with Crippen LogP contribution in [0.25, 0.3) is 60.9 Å². The van der Waals surface area contributed by atoms with E-state index in [-0.39, 0.29) is 5.41 Å². The number of benzene rings is 8. The molecule has 2 heteroatoms. The smallest absolute Gasteiger partial charge is 0.0541 e. The summed E-state index contributed by atoms with van der Waals surface area (Å²) >= 11 is 0. The molecule has 0 aliphatic heterocycles. The molecule has 55 heavy (non-hydrogen) atoms. The normalized spacial score (nSPS) is 12.9. The van der Waals surface area contributed by atoms with Crippen molar-refractivity contribution in [2.45, 2.75) is 32.6 Å². The maximum Gasteiger partial charge on any atom is 0.0541 e. The summed E-state index contributed by atoms with van der Waals surface area (Å²) in [4.78, 5) is 2.39. The summed E-state index contributed by atoms with van der Waals surface area (Å²) in [6.45, 7) is 6.96. The number of rotatable bonds is 7. The number of fused-ring (bicyclic) bond motifs is 6. The zero-order valence-corrected chi connectivity index (χ0v) is 31.5. The molecule has 8 aromatic carbocycles. The Bertz CT molecular complexity index is 2810. The van der Waals surface area contributed by atoms with Crippen molar-refractivity contribution in [3.8, 4) is 39.1 Å². The quantitative estimate of drug-likeness (QED) is 0.160. The Morgan fingerprint density at radius 1 is 0.436 bits per heavy atom. The number of para-hydroxylation sites is 3. The molecule has 0 radical (unpaired) electrons. The zero-order chi connectivity index (χ0) is 37.1. The van der Waals surface area contributed by atoms with Gasteiger partial charge in [-0.25, -0.2) is 0 Å². The van der Waals surface area contributed by atoms with Gasteiger partial charge in [-0.3, -0.25) is 0 Å². The molecule has 0 N–H and O–H groups in total. The first-order chi connectivity index (χ1) is 27.0. The molecule has 0 atom stereocenters. The summed E-state index contributed by atoms with van der Waals surface area (Å²) in [6.07, 6.45) is 1.05. The third-order valence-corrected chi connectivity index (χ3v) is 11.8. The highest BCUT2D eigenvalue weighted by Crippen LogP contribution is 2.51. The molecule has 1 aliphatic rings. The van der Waals surface area contributed by atoms with Gasteiger partial charge in [0.25, 0.3) is 0 Å². The molecular formula is C53H42N2. The van der Waals surface area contributed by atoms with E-state index in [1.807, 2.05) is 0 Å². The van der Waals surface area contributed by atoms with Crippen molar-refractivity contribution in [1.82, 2.24) is 4.57 Å². The highest BCUT2D eigenvalue weighted by Gasteiger charge is 2.36. The van der Waals surface area contributed by atoms with Crippen LogP contribution in [0.4, 0.5) is 17.1 Å². The van der Waals surface area contributed by atoms with E-state index in [2.05, 4.69) is 218 Å². The maximum absolute atomic E-state index is 2.43. The molecule has 0 spiro atoms. The van der Waals surface area contributed by atoms with E-state index in [4.69, 9.17) is 0 Å². The van der Waals surface area contributed by atoms with Crippen molar-refractivity contribution in [2.24, 2.45) is 0 Å². The molecular weight excluding hydrogens is 665 g/mol. The first kappa shape index (κ1) is 33.0. The van der Waals surface area contributed by atoms with E-state index in [1.165, 1.54) is 77.6 Å². The summed E-state index contributed by atoms with van der Waals surface area (Å²) < 4.78 is 2.43. The number of hydrogen-bond donors (Lipinski definition) is 0. The van der Waals surface area contributed by atoms with Crippen LogP contribution >= 0.6 is 0 Å². The van der Waals surface area contributed by atoms with Crippen LogP contribution in [0.2, 0.25) is 0 Å². The standard InChI is InChI=1S/C53H42N2/c1-4-36-21-23-37(24-22-36)39-13-12-14-40(33-39)38-25-27-42(28-26-38)54(41-15-6-5-7-16-41)43-29-31-45-46-32-30-44(35-50(46)53(2,3)49(45)34-43)55-51-19-10-8-17-47(51)48-18-9-11-20-52(48)55/h5-35H,4H2,1-3H3. The molecule has 10 rings (SSSR count). The molecule has 1 heterocycles. The Labute approximate surface area is 323 Å². The minimum Gasteiger partial charge on any atom is -0.310 e. The van der Waals surface area contributed by atoms with Crippen LogP contribution in [0.3, 0.4) is 0 Å². The fourth-order valence-electron chi connectivity index (χ4n) is 8.83. The Morgan fingerprint density at radius 3 is 1.60 bits per heavy atom. The topological polar surface area (TPSA) is 8.17 Å². The SMILES string of the molecule is CCc1ccc(-c2cccc(-c3ccc(N(c4ccccc4)c4ccc5c(c4)C(C)(C)c4cc(-n6c7ccccc7c7ccccc76)ccc4-5)cc3)c2)cc1. The lowest BCUT2D eigenvalue weighted by Crippen LogP contribution is -2.17. The Balaban J connectivity index is 1.02. The molecule has 1 aromatic heterocycles. The summed E-state index contributed by atoms with van der Waals surface area (Å²) in [7, 11) is 0. The number of anilines is 3. The summed E-state index contributed by atoms with van der Waals surface area (Å²) in [6, 6.07) is 69.2. The second-order valence-electron chi connectivity index (χ2n) is 15.3. The summed E-state index contributed by atoms with van der Waals surface area (Å²) in [5.74, 6) is 0. The van der Waals surface area contributed by atoms with Gasteiger partial charge in [-0.05, 0) is 123 Å². The molecule has 0 amide bonds. The molecule has 0 saturated carbocycles. The second-order valence-corrected chi connectivity index (χ2v) is 15.3. The lowest BCUT2D eigenvalue weighted by Gasteiger charge is -2.28. The lowest BCUT2D eigenvalue weighted by molar-refractivity contribution is 0.660. The van der Waals surface area contributed by atoms with Gasteiger partial charge in [-0.1, -0.05) is 142 Å². The van der Waals surface area contributed by atoms with Gasteiger partial charge >= 0.3 is 0 Å². The van der Waals surface area contributed by atoms with Crippen LogP contribution in [-0.4, -0.2) is 4.57 Å². The fourth-order valence-corrected chi connectivity index (χ4v) is 8.83. The molecule has 2 nitrogen and oxygen atoms in total. The third-order valence-electron chi connectivity index (χ3n) is 11.8. The number of hydrogen-bond acceptors (Lipinski definition) is 1. The van der Waals surface area contributed by atoms with Gasteiger partial charge in [-0.2, -0.15) is 0 Å². The van der Waals surface area contributed by atoms with Gasteiger partial charge in [0.15, 0.2) is 0 Å². The molecule has 264 valence electrons. The first-order valence-corrected chi connectivity index (χ1v) is 19.4. The van der Waals surface area contributed by atoms with Crippen LogP contribution in [-0.2, 0) is 11.8 Å². The average Bonchev–Trinajstić information content (AvgIpc) is 3.69. The second kappa shape index (κ2) is 13.0. The minimum atomic E-state index is -0.191. The molecule has 0 unspecified atom stereocenters. The van der Waals surface area contributed by atoms with Gasteiger partial charge in [-0.15, -0.1) is 0 Å². The van der Waals surface area contributed by atoms with Crippen molar-refractivity contribution >= 4 is 38.9 Å². The van der Waals surface area contributed by atoms with Crippen molar-refractivity contribution in [3.05, 3.63) is 205 Å². The van der Waals surface area contributed by atoms with Crippen LogP contribution in [0, 0.1) is 0 Å². The predicted octanol–water partition coefficient (Wildman–Crippen LogP) is 14.5. The Kier molecular flexibility index (Phi) is 7.81. The lowest BCUT2D eigenvalue weighted by atomic mass is 9.82. The first-order valence-electron chi connectivity index (χ1n) is 19.4. The van der Waals surface area contributed by atoms with E-state index >= 15 is 0 Å². The highest BCUT2D eigenvalue weighted by atomic mass is 15.1. The highest BCUT2D eigenvalue weighted by molar-refractivity contribution is 6.09. The maximum atomic E-state index is 2.43. The van der Waals surface area contributed by atoms with E-state index in [0.717, 1.165) is 23.5 Å². The Hall–Kier alpha value is -6.64. The Morgan fingerprint density at radius 2 is 0.964 bits per heavy atom. The van der Waals surface area contributed by atoms with Crippen LogP contribution in [0.1, 0.15) is 37.5 Å².